The summed E-state index contributed by atoms with van der Waals surface area (Å²) in [5.41, 5.74) is 1.03. The Hall–Kier alpha value is -1.28. The van der Waals surface area contributed by atoms with Gasteiger partial charge in [-0.25, -0.2) is 0 Å². The fraction of sp³-hybridized carbons (Fsp3) is 0.684. The van der Waals surface area contributed by atoms with Crippen LogP contribution in [0.25, 0.3) is 0 Å². The van der Waals surface area contributed by atoms with Gasteiger partial charge in [0.25, 0.3) is 8.32 Å². The second-order valence-electron chi connectivity index (χ2n) is 8.03. The van der Waals surface area contributed by atoms with E-state index in [0.717, 1.165) is 24.3 Å². The number of hydrogen-bond donors (Lipinski definition) is 0. The quantitative estimate of drug-likeness (QED) is 0.345. The number of methoxy groups -OCH3 is 2. The van der Waals surface area contributed by atoms with Crippen molar-refractivity contribution in [1.29, 1.82) is 0 Å². The van der Waals surface area contributed by atoms with Crippen LogP contribution in [-0.2, 0) is 20.6 Å². The van der Waals surface area contributed by atoms with Gasteiger partial charge >= 0.3 is 0 Å². The van der Waals surface area contributed by atoms with Gasteiger partial charge in [-0.2, -0.15) is 0 Å². The molecular weight excluding hydrogens is 352 g/mol. The molecule has 0 radical (unpaired) electrons. The van der Waals surface area contributed by atoms with Crippen molar-refractivity contribution in [2.24, 2.45) is 0 Å². The van der Waals surface area contributed by atoms with Gasteiger partial charge in [-0.15, -0.1) is 0 Å². The molecule has 1 aromatic carbocycles. The minimum atomic E-state index is -2.05. The number of epoxide rings is 1. The third kappa shape index (κ3) is 5.61. The maximum Gasteiger partial charge on any atom is 0.250 e. The Labute approximate surface area is 157 Å². The number of benzene rings is 1. The normalized spacial score (nSPS) is 17.1. The Morgan fingerprint density at radius 3 is 2.23 bits per heavy atom. The molecule has 0 saturated carbocycles. The van der Waals surface area contributed by atoms with Crippen molar-refractivity contribution in [1.82, 2.24) is 0 Å². The summed E-state index contributed by atoms with van der Waals surface area (Å²) in [6, 6.07) is 3.82. The number of hydrogen-bond acceptors (Lipinski definition) is 6. The minimum Gasteiger partial charge on any atom is -0.541 e. The molecule has 1 aliphatic rings. The largest absolute Gasteiger partial charge is 0.541 e. The molecule has 0 aliphatic carbocycles. The summed E-state index contributed by atoms with van der Waals surface area (Å²) in [5, 5.41) is 0.0735. The maximum absolute atomic E-state index is 6.63. The highest BCUT2D eigenvalue weighted by atomic mass is 28.4. The van der Waals surface area contributed by atoms with Crippen molar-refractivity contribution in [3.8, 4) is 17.2 Å². The third-order valence-corrected chi connectivity index (χ3v) is 9.12. The average molecular weight is 385 g/mol. The van der Waals surface area contributed by atoms with Gasteiger partial charge in [0.05, 0.1) is 12.7 Å². The van der Waals surface area contributed by atoms with E-state index >= 15 is 0 Å². The van der Waals surface area contributed by atoms with E-state index in [1.54, 1.807) is 14.2 Å². The topological polar surface area (TPSA) is 58.7 Å². The van der Waals surface area contributed by atoms with Crippen LogP contribution >= 0.6 is 0 Å². The molecule has 1 saturated heterocycles. The first-order valence-electron chi connectivity index (χ1n) is 8.89. The van der Waals surface area contributed by atoms with Crippen LogP contribution in [0.1, 0.15) is 26.3 Å². The first kappa shape index (κ1) is 21.0. The van der Waals surface area contributed by atoms with E-state index in [4.69, 9.17) is 28.1 Å². The van der Waals surface area contributed by atoms with Crippen LogP contribution in [-0.4, -0.2) is 48.8 Å². The van der Waals surface area contributed by atoms with Crippen LogP contribution in [0.5, 0.6) is 17.2 Å². The predicted molar refractivity (Wildman–Crippen MR) is 103 cm³/mol. The molecule has 0 N–H and O–H groups in total. The lowest BCUT2D eigenvalue weighted by Crippen LogP contribution is -2.44. The Balaban J connectivity index is 2.42. The molecule has 0 spiro atoms. The fourth-order valence-corrected chi connectivity index (χ4v) is 3.23. The van der Waals surface area contributed by atoms with Gasteiger partial charge in [-0.1, -0.05) is 20.8 Å². The zero-order chi connectivity index (χ0) is 19.4. The highest BCUT2D eigenvalue weighted by Crippen LogP contribution is 2.44. The van der Waals surface area contributed by atoms with Crippen molar-refractivity contribution in [2.45, 2.75) is 51.4 Å². The first-order chi connectivity index (χ1) is 12.2. The van der Waals surface area contributed by atoms with Crippen LogP contribution in [0, 0.1) is 0 Å². The highest BCUT2D eigenvalue weighted by molar-refractivity contribution is 6.74. The molecule has 26 heavy (non-hydrogen) atoms. The Bertz CT molecular complexity index is 592. The molecule has 148 valence electrons. The lowest BCUT2D eigenvalue weighted by atomic mass is 10.1. The summed E-state index contributed by atoms with van der Waals surface area (Å²) in [5.74, 6) is 2.08. The van der Waals surface area contributed by atoms with Crippen molar-refractivity contribution < 1.29 is 28.1 Å². The second kappa shape index (κ2) is 8.60. The van der Waals surface area contributed by atoms with Crippen LogP contribution in [0.3, 0.4) is 0 Å². The second-order valence-corrected chi connectivity index (χ2v) is 12.8. The van der Waals surface area contributed by atoms with Crippen molar-refractivity contribution in [3.63, 3.8) is 0 Å². The van der Waals surface area contributed by atoms with Gasteiger partial charge in [0.2, 0.25) is 0 Å². The molecule has 2 rings (SSSR count). The molecule has 1 aromatic rings. The van der Waals surface area contributed by atoms with Crippen LogP contribution in [0.4, 0.5) is 0 Å². The van der Waals surface area contributed by atoms with E-state index in [1.807, 2.05) is 12.1 Å². The molecule has 7 heteroatoms. The van der Waals surface area contributed by atoms with Gasteiger partial charge in [-0.3, -0.25) is 0 Å². The van der Waals surface area contributed by atoms with Crippen molar-refractivity contribution >= 4 is 8.32 Å². The summed E-state index contributed by atoms with van der Waals surface area (Å²) >= 11 is 0. The van der Waals surface area contributed by atoms with E-state index in [-0.39, 0.29) is 24.7 Å². The van der Waals surface area contributed by atoms with E-state index in [2.05, 4.69) is 33.9 Å². The van der Waals surface area contributed by atoms with Gasteiger partial charge in [0, 0.05) is 32.3 Å². The summed E-state index contributed by atoms with van der Waals surface area (Å²) in [6.45, 7) is 12.2. The third-order valence-electron chi connectivity index (χ3n) is 4.79. The monoisotopic (exact) mass is 384 g/mol. The molecule has 1 atom stereocenters. The number of ether oxygens (including phenoxy) is 5. The predicted octanol–water partition coefficient (Wildman–Crippen LogP) is 3.98. The van der Waals surface area contributed by atoms with E-state index in [9.17, 15) is 0 Å². The van der Waals surface area contributed by atoms with Crippen LogP contribution in [0.15, 0.2) is 12.1 Å². The summed E-state index contributed by atoms with van der Waals surface area (Å²) in [6.07, 6.45) is 0.988. The van der Waals surface area contributed by atoms with Gasteiger partial charge in [-0.05, 0) is 24.2 Å². The molecule has 1 heterocycles. The molecule has 6 nitrogen and oxygen atoms in total. The van der Waals surface area contributed by atoms with E-state index in [1.165, 1.54) is 0 Å². The van der Waals surface area contributed by atoms with Crippen molar-refractivity contribution in [3.05, 3.63) is 17.7 Å². The Kier molecular flexibility index (Phi) is 6.96. The molecule has 1 fully saturated rings. The zero-order valence-corrected chi connectivity index (χ0v) is 18.0. The van der Waals surface area contributed by atoms with Gasteiger partial charge in [0.15, 0.2) is 19.3 Å². The van der Waals surface area contributed by atoms with E-state index in [0.29, 0.717) is 11.5 Å². The Morgan fingerprint density at radius 2 is 1.69 bits per heavy atom. The maximum atomic E-state index is 6.63. The van der Waals surface area contributed by atoms with Gasteiger partial charge in [0.1, 0.15) is 11.5 Å². The first-order valence-corrected chi connectivity index (χ1v) is 11.8. The summed E-state index contributed by atoms with van der Waals surface area (Å²) < 4.78 is 33.6. The zero-order valence-electron chi connectivity index (χ0n) is 17.0. The molecule has 0 aromatic heterocycles. The summed E-state index contributed by atoms with van der Waals surface area (Å²) in [7, 11) is 1.14. The van der Waals surface area contributed by atoms with Crippen molar-refractivity contribution in [2.75, 3.05) is 34.4 Å². The van der Waals surface area contributed by atoms with Crippen LogP contribution < -0.4 is 13.9 Å². The molecule has 0 amide bonds. The Morgan fingerprint density at radius 1 is 1.08 bits per heavy atom. The standard InChI is InChI=1S/C19H32O6Si/c1-19(2,3)26(6,7)25-18-14(9-16-11-22-16)8-15(23-12-20-4)10-17(18)24-13-21-5/h8,10,16H,9,11-13H2,1-7H3. The molecule has 1 aliphatic heterocycles. The van der Waals surface area contributed by atoms with Crippen LogP contribution in [0.2, 0.25) is 18.1 Å². The SMILES string of the molecule is COCOc1cc(CC2CO2)c(O[Si](C)(C)C(C)(C)C)c(OCOC)c1. The molecular formula is C19H32O6Si. The smallest absolute Gasteiger partial charge is 0.250 e. The number of rotatable bonds is 10. The van der Waals surface area contributed by atoms with Gasteiger partial charge < -0.3 is 28.1 Å². The molecule has 1 unspecified atom stereocenters. The highest BCUT2D eigenvalue weighted by Gasteiger charge is 2.40. The lowest BCUT2D eigenvalue weighted by molar-refractivity contribution is 0.0450. The average Bonchev–Trinajstić information content (AvgIpc) is 3.36. The molecule has 0 bridgehead atoms. The fourth-order valence-electron chi connectivity index (χ4n) is 2.18. The minimum absolute atomic E-state index is 0.0735. The van der Waals surface area contributed by atoms with E-state index < -0.39 is 8.32 Å². The lowest BCUT2D eigenvalue weighted by Gasteiger charge is -2.37. The summed E-state index contributed by atoms with van der Waals surface area (Å²) in [4.78, 5) is 0.